The summed E-state index contributed by atoms with van der Waals surface area (Å²) in [7, 11) is 0. The molecule has 2 amide bonds. The predicted molar refractivity (Wildman–Crippen MR) is 76.5 cm³/mol. The smallest absolute Gasteiger partial charge is 0.332 e. The van der Waals surface area contributed by atoms with Crippen LogP contribution in [0.15, 0.2) is 29.4 Å². The number of primary amides is 1. The summed E-state index contributed by atoms with van der Waals surface area (Å²) < 4.78 is 4.08. The van der Waals surface area contributed by atoms with E-state index in [-0.39, 0.29) is 0 Å². The fraction of sp³-hybridized carbons (Fsp3) is 0.182. The van der Waals surface area contributed by atoms with E-state index in [4.69, 9.17) is 18.0 Å². The van der Waals surface area contributed by atoms with Crippen molar-refractivity contribution in [2.45, 2.75) is 13.0 Å². The van der Waals surface area contributed by atoms with Crippen LogP contribution in [-0.2, 0) is 6.54 Å². The number of carbonyl (C=O) groups is 1. The van der Waals surface area contributed by atoms with Crippen molar-refractivity contribution in [3.8, 4) is 0 Å². The third-order valence-corrected chi connectivity index (χ3v) is 3.75. The van der Waals surface area contributed by atoms with Gasteiger partial charge in [0.05, 0.1) is 10.2 Å². The Morgan fingerprint density at radius 2 is 2.33 bits per heavy atom. The fourth-order valence-corrected chi connectivity index (χ4v) is 2.96. The molecule has 0 unspecified atom stereocenters. The molecule has 0 aliphatic heterocycles. The number of hydrogen-bond donors (Lipinski definition) is 2. The molecule has 3 N–H and O–H groups in total. The number of carbonyl (C=O) groups excluding carboxylic acids is 1. The number of aromatic nitrogens is 1. The average molecular weight is 280 g/mol. The van der Waals surface area contributed by atoms with Crippen LogP contribution in [0.4, 0.5) is 4.79 Å². The highest BCUT2D eigenvalue weighted by atomic mass is 32.1. The number of urea groups is 1. The first-order chi connectivity index (χ1) is 8.68. The number of amides is 2. The molecule has 1 aromatic carbocycles. The molecule has 0 saturated carbocycles. The van der Waals surface area contributed by atoms with Gasteiger partial charge in [0, 0.05) is 19.2 Å². The van der Waals surface area contributed by atoms with Gasteiger partial charge in [0.1, 0.15) is 0 Å². The highest BCUT2D eigenvalue weighted by Gasteiger charge is 2.02. The van der Waals surface area contributed by atoms with Crippen molar-refractivity contribution in [1.82, 2.24) is 9.99 Å². The Balaban J connectivity index is 2.08. The SMILES string of the molecule is NC(=O)N/N=C/CCn1c(=S)sc2ccccc21. The van der Waals surface area contributed by atoms with Crippen LogP contribution in [0, 0.1) is 3.95 Å². The van der Waals surface area contributed by atoms with Gasteiger partial charge in [0.2, 0.25) is 0 Å². The van der Waals surface area contributed by atoms with Crippen molar-refractivity contribution in [3.63, 3.8) is 0 Å². The average Bonchev–Trinajstić information content (AvgIpc) is 2.65. The summed E-state index contributed by atoms with van der Waals surface area (Å²) in [6, 6.07) is 7.41. The lowest BCUT2D eigenvalue weighted by molar-refractivity contribution is 0.249. The lowest BCUT2D eigenvalue weighted by atomic mass is 10.3. The maximum absolute atomic E-state index is 10.4. The molecule has 0 fully saturated rings. The molecule has 1 aromatic heterocycles. The number of nitrogens with two attached hydrogens (primary N) is 1. The Kier molecular flexibility index (Phi) is 4.06. The van der Waals surface area contributed by atoms with Gasteiger partial charge in [-0.2, -0.15) is 5.10 Å². The van der Waals surface area contributed by atoms with Gasteiger partial charge in [-0.25, -0.2) is 10.2 Å². The van der Waals surface area contributed by atoms with E-state index in [1.54, 1.807) is 17.6 Å². The molecule has 94 valence electrons. The van der Waals surface area contributed by atoms with Crippen LogP contribution in [0.1, 0.15) is 6.42 Å². The number of benzene rings is 1. The largest absolute Gasteiger partial charge is 0.350 e. The molecule has 0 saturated heterocycles. The molecule has 0 bridgehead atoms. The van der Waals surface area contributed by atoms with Gasteiger partial charge in [0.15, 0.2) is 3.95 Å². The molecule has 0 atom stereocenters. The number of fused-ring (bicyclic) bond motifs is 1. The minimum absolute atomic E-state index is 0.663. The normalized spacial score (nSPS) is 11.1. The number of nitrogens with one attached hydrogen (secondary N) is 1. The van der Waals surface area contributed by atoms with Gasteiger partial charge in [-0.15, -0.1) is 11.3 Å². The van der Waals surface area contributed by atoms with Crippen molar-refractivity contribution in [2.75, 3.05) is 0 Å². The number of para-hydroxylation sites is 1. The van der Waals surface area contributed by atoms with Crippen LogP contribution in [0.25, 0.3) is 10.2 Å². The zero-order valence-electron chi connectivity index (χ0n) is 9.50. The van der Waals surface area contributed by atoms with Gasteiger partial charge in [-0.05, 0) is 24.4 Å². The molecule has 2 rings (SSSR count). The molecule has 7 heteroatoms. The Bertz CT molecular complexity index is 644. The summed E-state index contributed by atoms with van der Waals surface area (Å²) >= 11 is 6.91. The van der Waals surface area contributed by atoms with E-state index in [1.165, 1.54) is 4.70 Å². The first-order valence-electron chi connectivity index (χ1n) is 5.34. The third kappa shape index (κ3) is 2.93. The molecule has 2 aromatic rings. The molecule has 18 heavy (non-hydrogen) atoms. The van der Waals surface area contributed by atoms with Gasteiger partial charge in [0.25, 0.3) is 0 Å². The maximum atomic E-state index is 10.4. The van der Waals surface area contributed by atoms with Crippen molar-refractivity contribution in [3.05, 3.63) is 28.2 Å². The van der Waals surface area contributed by atoms with Crippen molar-refractivity contribution in [2.24, 2.45) is 10.8 Å². The quantitative estimate of drug-likeness (QED) is 0.513. The van der Waals surface area contributed by atoms with Crippen LogP contribution in [0.3, 0.4) is 0 Å². The van der Waals surface area contributed by atoms with Crippen molar-refractivity contribution in [1.29, 1.82) is 0 Å². The maximum Gasteiger partial charge on any atom is 0.332 e. The highest BCUT2D eigenvalue weighted by Crippen LogP contribution is 2.22. The summed E-state index contributed by atoms with van der Waals surface area (Å²) in [6.07, 6.45) is 2.29. The van der Waals surface area contributed by atoms with Crippen molar-refractivity contribution < 1.29 is 4.79 Å². The number of hydrogen-bond acceptors (Lipinski definition) is 4. The lowest BCUT2D eigenvalue weighted by Gasteiger charge is -2.01. The second-order valence-corrected chi connectivity index (χ2v) is 5.24. The standard InChI is InChI=1S/C11H12N4OS2/c12-10(16)14-13-6-3-7-15-8-4-1-2-5-9(8)18-11(15)17/h1-2,4-6H,3,7H2,(H3,12,14,16)/b13-6+. The van der Waals surface area contributed by atoms with Crippen molar-refractivity contribution >= 4 is 46.0 Å². The van der Waals surface area contributed by atoms with E-state index < -0.39 is 6.03 Å². The summed E-state index contributed by atoms with van der Waals surface area (Å²) in [5.74, 6) is 0. The van der Waals surface area contributed by atoms with Gasteiger partial charge < -0.3 is 10.3 Å². The third-order valence-electron chi connectivity index (χ3n) is 2.32. The van der Waals surface area contributed by atoms with Crippen LogP contribution in [-0.4, -0.2) is 16.8 Å². The molecular weight excluding hydrogens is 268 g/mol. The van der Waals surface area contributed by atoms with E-state index in [9.17, 15) is 4.79 Å². The fourth-order valence-electron chi connectivity index (χ4n) is 1.59. The second-order valence-electron chi connectivity index (χ2n) is 3.56. The van der Waals surface area contributed by atoms with Crippen LogP contribution in [0.5, 0.6) is 0 Å². The number of rotatable bonds is 4. The number of nitrogens with zero attached hydrogens (tertiary/aromatic N) is 2. The molecule has 0 spiro atoms. The first-order valence-corrected chi connectivity index (χ1v) is 6.56. The Labute approximate surface area is 113 Å². The summed E-state index contributed by atoms with van der Waals surface area (Å²) in [5.41, 5.74) is 8.17. The Hall–Kier alpha value is -1.73. The molecular formula is C11H12N4OS2. The van der Waals surface area contributed by atoms with Crippen LogP contribution in [0.2, 0.25) is 0 Å². The molecule has 0 radical (unpaired) electrons. The molecule has 5 nitrogen and oxygen atoms in total. The first kappa shape index (κ1) is 12.7. The number of aryl methyl sites for hydroxylation is 1. The zero-order chi connectivity index (χ0) is 13.0. The minimum Gasteiger partial charge on any atom is -0.350 e. The van der Waals surface area contributed by atoms with E-state index in [2.05, 4.69) is 21.2 Å². The Morgan fingerprint density at radius 1 is 1.56 bits per heavy atom. The number of thiazole rings is 1. The van der Waals surface area contributed by atoms with E-state index in [0.29, 0.717) is 6.42 Å². The predicted octanol–water partition coefficient (Wildman–Crippen LogP) is 2.48. The highest BCUT2D eigenvalue weighted by molar-refractivity contribution is 7.73. The van der Waals surface area contributed by atoms with E-state index in [0.717, 1.165) is 16.0 Å². The van der Waals surface area contributed by atoms with Crippen LogP contribution >= 0.6 is 23.6 Å². The van der Waals surface area contributed by atoms with Gasteiger partial charge in [-0.3, -0.25) is 0 Å². The van der Waals surface area contributed by atoms with E-state index in [1.807, 2.05) is 18.2 Å². The lowest BCUT2D eigenvalue weighted by Crippen LogP contribution is -2.24. The minimum atomic E-state index is -0.663. The zero-order valence-corrected chi connectivity index (χ0v) is 11.1. The Morgan fingerprint density at radius 3 is 3.11 bits per heavy atom. The molecule has 0 aliphatic carbocycles. The monoisotopic (exact) mass is 280 g/mol. The van der Waals surface area contributed by atoms with Gasteiger partial charge in [-0.1, -0.05) is 12.1 Å². The number of hydrazone groups is 1. The van der Waals surface area contributed by atoms with Gasteiger partial charge >= 0.3 is 6.03 Å². The molecule has 0 aliphatic rings. The van der Waals surface area contributed by atoms with E-state index >= 15 is 0 Å². The van der Waals surface area contributed by atoms with Crippen LogP contribution < -0.4 is 11.2 Å². The summed E-state index contributed by atoms with van der Waals surface area (Å²) in [4.78, 5) is 10.4. The molecule has 1 heterocycles. The summed E-state index contributed by atoms with van der Waals surface area (Å²) in [6.45, 7) is 0.729. The summed E-state index contributed by atoms with van der Waals surface area (Å²) in [5, 5.41) is 3.69. The topological polar surface area (TPSA) is 72.4 Å². The second kappa shape index (κ2) is 5.74.